The number of unbranched alkanes of at least 4 members (excludes halogenated alkanes) is 1. The Labute approximate surface area is 205 Å². The number of carboxylic acids is 1. The maximum Gasteiger partial charge on any atom is 0.407 e. The highest BCUT2D eigenvalue weighted by atomic mass is 16.5. The zero-order valence-corrected chi connectivity index (χ0v) is 20.0. The molecule has 2 fully saturated rings. The van der Waals surface area contributed by atoms with Crippen LogP contribution in [0.2, 0.25) is 0 Å². The van der Waals surface area contributed by atoms with Gasteiger partial charge in [0.15, 0.2) is 0 Å². The van der Waals surface area contributed by atoms with Crippen LogP contribution in [0.4, 0.5) is 4.79 Å². The lowest BCUT2D eigenvalue weighted by atomic mass is 9.98. The van der Waals surface area contributed by atoms with Gasteiger partial charge in [0.2, 0.25) is 5.91 Å². The number of hydrogen-bond donors (Lipinski definition) is 2. The van der Waals surface area contributed by atoms with Crippen molar-refractivity contribution in [3.05, 3.63) is 59.7 Å². The fraction of sp³-hybridized carbons (Fsp3) is 0.464. The van der Waals surface area contributed by atoms with Crippen molar-refractivity contribution in [2.75, 3.05) is 13.2 Å². The highest BCUT2D eigenvalue weighted by Gasteiger charge is 2.67. The Morgan fingerprint density at radius 1 is 1.11 bits per heavy atom. The van der Waals surface area contributed by atoms with E-state index >= 15 is 0 Å². The van der Waals surface area contributed by atoms with Crippen LogP contribution in [0.25, 0.3) is 11.1 Å². The van der Waals surface area contributed by atoms with Crippen molar-refractivity contribution < 1.29 is 24.2 Å². The normalized spacial score (nSPS) is 23.0. The van der Waals surface area contributed by atoms with Gasteiger partial charge in [0, 0.05) is 12.5 Å². The summed E-state index contributed by atoms with van der Waals surface area (Å²) < 4.78 is 5.66. The van der Waals surface area contributed by atoms with Gasteiger partial charge in [0.25, 0.3) is 0 Å². The molecule has 3 atom stereocenters. The van der Waals surface area contributed by atoms with E-state index in [2.05, 4.69) is 29.6 Å². The average Bonchev–Trinajstić information content (AvgIpc) is 3.56. The standard InChI is InChI=1S/C28H32N2O5/c1-2-3-14-24(25(31)30-15-8-9-18-16-28(18,30)26(32)33)29-27(34)35-17-23-21-12-6-4-10-19(21)20-11-5-7-13-22(20)23/h4-7,10-13,18,23-24H,2-3,8-9,14-17H2,1H3,(H,29,34)(H,32,33)/t18-,24+,28+/m1/s1. The minimum absolute atomic E-state index is 0.0129. The highest BCUT2D eigenvalue weighted by molar-refractivity contribution is 5.94. The lowest BCUT2D eigenvalue weighted by Crippen LogP contribution is -2.57. The van der Waals surface area contributed by atoms with Crippen LogP contribution in [0.15, 0.2) is 48.5 Å². The number of aliphatic carboxylic acids is 1. The van der Waals surface area contributed by atoms with Crippen LogP contribution in [-0.2, 0) is 14.3 Å². The van der Waals surface area contributed by atoms with E-state index in [0.717, 1.165) is 47.9 Å². The maximum absolute atomic E-state index is 13.5. The summed E-state index contributed by atoms with van der Waals surface area (Å²) in [6, 6.07) is 15.5. The van der Waals surface area contributed by atoms with E-state index in [1.54, 1.807) is 0 Å². The Morgan fingerprint density at radius 3 is 2.40 bits per heavy atom. The van der Waals surface area contributed by atoms with Crippen LogP contribution < -0.4 is 5.32 Å². The molecule has 7 heteroatoms. The van der Waals surface area contributed by atoms with Crippen molar-refractivity contribution in [3.8, 4) is 11.1 Å². The van der Waals surface area contributed by atoms with Gasteiger partial charge in [0.1, 0.15) is 18.2 Å². The highest BCUT2D eigenvalue weighted by Crippen LogP contribution is 2.54. The molecule has 2 aromatic rings. The Bertz CT molecular complexity index is 1100. The Balaban J connectivity index is 1.28. The van der Waals surface area contributed by atoms with E-state index in [-0.39, 0.29) is 24.3 Å². The minimum Gasteiger partial charge on any atom is -0.479 e. The maximum atomic E-state index is 13.5. The molecule has 1 saturated heterocycles. The quantitative estimate of drug-likeness (QED) is 0.583. The zero-order chi connectivity index (χ0) is 24.6. The van der Waals surface area contributed by atoms with Crippen molar-refractivity contribution in [1.82, 2.24) is 10.2 Å². The molecule has 1 aliphatic heterocycles. The Hall–Kier alpha value is -3.35. The molecule has 184 valence electrons. The van der Waals surface area contributed by atoms with Crippen molar-refractivity contribution in [2.45, 2.75) is 62.9 Å². The SMILES string of the molecule is CCCC[C@H](NC(=O)OCC1c2ccccc2-c2ccccc21)C(=O)N1CCC[C@@H]2C[C@@]21C(=O)O. The molecule has 0 bridgehead atoms. The first-order valence-electron chi connectivity index (χ1n) is 12.6. The fourth-order valence-corrected chi connectivity index (χ4v) is 6.00. The predicted octanol–water partition coefficient (Wildman–Crippen LogP) is 4.55. The molecule has 3 aliphatic rings. The summed E-state index contributed by atoms with van der Waals surface area (Å²) in [5.74, 6) is -1.30. The molecule has 0 unspecified atom stereocenters. The molecule has 5 rings (SSSR count). The number of nitrogens with one attached hydrogen (secondary N) is 1. The van der Waals surface area contributed by atoms with Crippen LogP contribution in [0.5, 0.6) is 0 Å². The molecule has 2 amide bonds. The number of alkyl carbamates (subject to hydrolysis) is 1. The third-order valence-corrected chi connectivity index (χ3v) is 7.91. The molecular weight excluding hydrogens is 444 g/mol. The van der Waals surface area contributed by atoms with Crippen LogP contribution >= 0.6 is 0 Å². The lowest BCUT2D eigenvalue weighted by molar-refractivity contribution is -0.155. The zero-order valence-electron chi connectivity index (χ0n) is 20.0. The summed E-state index contributed by atoms with van der Waals surface area (Å²) in [7, 11) is 0. The first-order valence-corrected chi connectivity index (χ1v) is 12.6. The average molecular weight is 477 g/mol. The van der Waals surface area contributed by atoms with Crippen molar-refractivity contribution in [3.63, 3.8) is 0 Å². The van der Waals surface area contributed by atoms with Crippen LogP contribution in [-0.4, -0.2) is 52.7 Å². The second-order valence-electron chi connectivity index (χ2n) is 9.93. The molecule has 2 aliphatic carbocycles. The van der Waals surface area contributed by atoms with Crippen LogP contribution in [0.1, 0.15) is 62.5 Å². The molecule has 1 heterocycles. The molecule has 0 radical (unpaired) electrons. The second kappa shape index (κ2) is 9.36. The van der Waals surface area contributed by atoms with Gasteiger partial charge in [-0.15, -0.1) is 0 Å². The molecule has 2 aromatic carbocycles. The summed E-state index contributed by atoms with van der Waals surface area (Å²) in [6.07, 6.45) is 3.54. The smallest absolute Gasteiger partial charge is 0.407 e. The number of fused-ring (bicyclic) bond motifs is 4. The largest absolute Gasteiger partial charge is 0.479 e. The number of amides is 2. The number of carbonyl (C=O) groups excluding carboxylic acids is 2. The first kappa shape index (κ1) is 23.4. The number of carboxylic acid groups (broad SMARTS) is 1. The third-order valence-electron chi connectivity index (χ3n) is 7.91. The summed E-state index contributed by atoms with van der Waals surface area (Å²) in [6.45, 7) is 2.60. The van der Waals surface area contributed by atoms with Crippen molar-refractivity contribution in [2.24, 2.45) is 5.92 Å². The van der Waals surface area contributed by atoms with Gasteiger partial charge in [-0.2, -0.15) is 0 Å². The molecule has 0 aromatic heterocycles. The van der Waals surface area contributed by atoms with E-state index in [1.165, 1.54) is 4.90 Å². The van der Waals surface area contributed by atoms with Gasteiger partial charge in [0.05, 0.1) is 0 Å². The van der Waals surface area contributed by atoms with Crippen molar-refractivity contribution >= 4 is 18.0 Å². The number of rotatable bonds is 8. The number of hydrogen-bond acceptors (Lipinski definition) is 4. The van der Waals surface area contributed by atoms with Gasteiger partial charge in [-0.25, -0.2) is 9.59 Å². The second-order valence-corrected chi connectivity index (χ2v) is 9.93. The summed E-state index contributed by atoms with van der Waals surface area (Å²) >= 11 is 0. The lowest BCUT2D eigenvalue weighted by Gasteiger charge is -2.36. The molecule has 7 nitrogen and oxygen atoms in total. The van der Waals surface area contributed by atoms with Crippen LogP contribution in [0.3, 0.4) is 0 Å². The minimum atomic E-state index is -1.09. The summed E-state index contributed by atoms with van der Waals surface area (Å²) in [4.78, 5) is 39.9. The predicted molar refractivity (Wildman–Crippen MR) is 131 cm³/mol. The third kappa shape index (κ3) is 4.07. The summed E-state index contributed by atoms with van der Waals surface area (Å²) in [5.41, 5.74) is 3.45. The number of carbonyl (C=O) groups is 3. The molecule has 2 N–H and O–H groups in total. The number of nitrogens with zero attached hydrogens (tertiary/aromatic N) is 1. The molecule has 35 heavy (non-hydrogen) atoms. The number of benzene rings is 2. The first-order chi connectivity index (χ1) is 17.0. The van der Waals surface area contributed by atoms with Crippen molar-refractivity contribution in [1.29, 1.82) is 0 Å². The van der Waals surface area contributed by atoms with Gasteiger partial charge in [-0.3, -0.25) is 4.79 Å². The van der Waals surface area contributed by atoms with E-state index < -0.39 is 23.6 Å². The monoisotopic (exact) mass is 476 g/mol. The number of likely N-dealkylation sites (tertiary alicyclic amines) is 1. The van der Waals surface area contributed by atoms with Gasteiger partial charge < -0.3 is 20.1 Å². The number of ether oxygens (including phenoxy) is 1. The topological polar surface area (TPSA) is 95.9 Å². The van der Waals surface area contributed by atoms with Crippen LogP contribution in [0, 0.1) is 5.92 Å². The fourth-order valence-electron chi connectivity index (χ4n) is 6.00. The summed E-state index contributed by atoms with van der Waals surface area (Å²) in [5, 5.41) is 12.6. The van der Waals surface area contributed by atoms with E-state index in [1.807, 2.05) is 31.2 Å². The van der Waals surface area contributed by atoms with Gasteiger partial charge in [-0.1, -0.05) is 68.3 Å². The Kier molecular flexibility index (Phi) is 6.26. The van der Waals surface area contributed by atoms with Gasteiger partial charge in [-0.05, 0) is 53.9 Å². The van der Waals surface area contributed by atoms with E-state index in [4.69, 9.17) is 4.74 Å². The number of piperidine rings is 1. The van der Waals surface area contributed by atoms with Gasteiger partial charge >= 0.3 is 12.1 Å². The molecule has 1 saturated carbocycles. The molecule has 0 spiro atoms. The Morgan fingerprint density at radius 2 is 1.77 bits per heavy atom. The van der Waals surface area contributed by atoms with E-state index in [9.17, 15) is 19.5 Å². The van der Waals surface area contributed by atoms with E-state index in [0.29, 0.717) is 19.4 Å². The molecular formula is C28H32N2O5.